The Bertz CT molecular complexity index is 2780. The molecule has 0 aromatic heterocycles. The van der Waals surface area contributed by atoms with Crippen LogP contribution in [0.15, 0.2) is 182 Å². The monoisotopic (exact) mass is 606 g/mol. The lowest BCUT2D eigenvalue weighted by Gasteiger charge is -2.18. The van der Waals surface area contributed by atoms with Gasteiger partial charge >= 0.3 is 0 Å². The molecule has 10 aromatic rings. The Morgan fingerprint density at radius 1 is 0.188 bits per heavy atom. The Morgan fingerprint density at radius 2 is 0.562 bits per heavy atom. The maximum absolute atomic E-state index is 2.38. The van der Waals surface area contributed by atoms with Gasteiger partial charge in [-0.2, -0.15) is 0 Å². The molecule has 0 aliphatic carbocycles. The van der Waals surface area contributed by atoms with Gasteiger partial charge in [0.05, 0.1) is 0 Å². The van der Waals surface area contributed by atoms with Gasteiger partial charge in [-0.3, -0.25) is 0 Å². The normalized spacial score (nSPS) is 11.8. The van der Waals surface area contributed by atoms with E-state index in [-0.39, 0.29) is 0 Å². The first kappa shape index (κ1) is 26.9. The first-order chi connectivity index (χ1) is 23.8. The van der Waals surface area contributed by atoms with Gasteiger partial charge in [-0.25, -0.2) is 0 Å². The van der Waals surface area contributed by atoms with Crippen molar-refractivity contribution >= 4 is 64.6 Å². The molecule has 0 saturated carbocycles. The number of hydrogen-bond donors (Lipinski definition) is 0. The van der Waals surface area contributed by atoms with E-state index in [0.29, 0.717) is 0 Å². The molecule has 10 rings (SSSR count). The summed E-state index contributed by atoms with van der Waals surface area (Å²) in [4.78, 5) is 0. The molecule has 0 radical (unpaired) electrons. The van der Waals surface area contributed by atoms with E-state index in [2.05, 4.69) is 182 Å². The van der Waals surface area contributed by atoms with Gasteiger partial charge in [0.15, 0.2) is 0 Å². The molecule has 0 aliphatic heterocycles. The van der Waals surface area contributed by atoms with Gasteiger partial charge < -0.3 is 0 Å². The quantitative estimate of drug-likeness (QED) is 0.139. The molecular weight excluding hydrogens is 577 g/mol. The highest BCUT2D eigenvalue weighted by molar-refractivity contribution is 6.26. The third kappa shape index (κ3) is 4.10. The molecule has 0 N–H and O–H groups in total. The van der Waals surface area contributed by atoms with Crippen molar-refractivity contribution in [3.8, 4) is 33.4 Å². The van der Waals surface area contributed by atoms with Gasteiger partial charge in [0.25, 0.3) is 0 Å². The van der Waals surface area contributed by atoms with Gasteiger partial charge in [0, 0.05) is 0 Å². The fourth-order valence-corrected chi connectivity index (χ4v) is 8.01. The van der Waals surface area contributed by atoms with E-state index in [4.69, 9.17) is 0 Å². The first-order valence-electron chi connectivity index (χ1n) is 16.7. The van der Waals surface area contributed by atoms with Gasteiger partial charge in [-0.1, -0.05) is 170 Å². The lowest BCUT2D eigenvalue weighted by molar-refractivity contribution is 1.63. The largest absolute Gasteiger partial charge is 0.0616 e. The van der Waals surface area contributed by atoms with Crippen LogP contribution >= 0.6 is 0 Å². The lowest BCUT2D eigenvalue weighted by Crippen LogP contribution is -1.91. The molecule has 0 fully saturated rings. The van der Waals surface area contributed by atoms with Crippen molar-refractivity contribution in [1.82, 2.24) is 0 Å². The van der Waals surface area contributed by atoms with Crippen LogP contribution in [0.25, 0.3) is 98.0 Å². The van der Waals surface area contributed by atoms with Crippen LogP contribution in [-0.2, 0) is 0 Å². The average Bonchev–Trinajstić information content (AvgIpc) is 3.17. The molecule has 0 amide bonds. The van der Waals surface area contributed by atoms with Crippen LogP contribution in [-0.4, -0.2) is 0 Å². The second-order valence-electron chi connectivity index (χ2n) is 12.8. The van der Waals surface area contributed by atoms with Gasteiger partial charge in [0.2, 0.25) is 0 Å². The van der Waals surface area contributed by atoms with E-state index < -0.39 is 0 Å². The number of fused-ring (bicyclic) bond motifs is 9. The summed E-state index contributed by atoms with van der Waals surface area (Å²) in [6.45, 7) is 0. The number of benzene rings is 10. The van der Waals surface area contributed by atoms with Gasteiger partial charge in [-0.05, 0) is 110 Å². The van der Waals surface area contributed by atoms with E-state index >= 15 is 0 Å². The number of rotatable bonds is 3. The van der Waals surface area contributed by atoms with E-state index in [0.717, 1.165) is 0 Å². The minimum Gasteiger partial charge on any atom is -0.0616 e. The summed E-state index contributed by atoms with van der Waals surface area (Å²) in [5, 5.41) is 15.4. The van der Waals surface area contributed by atoms with Crippen LogP contribution in [0.1, 0.15) is 0 Å². The Kier molecular flexibility index (Phi) is 5.98. The molecule has 222 valence electrons. The van der Waals surface area contributed by atoms with E-state index in [1.54, 1.807) is 0 Å². The fraction of sp³-hybridized carbons (Fsp3) is 0. The molecule has 48 heavy (non-hydrogen) atoms. The second-order valence-corrected chi connectivity index (χ2v) is 12.8. The summed E-state index contributed by atoms with van der Waals surface area (Å²) in [5.41, 5.74) is 7.51. The van der Waals surface area contributed by atoms with Crippen molar-refractivity contribution in [2.75, 3.05) is 0 Å². The summed E-state index contributed by atoms with van der Waals surface area (Å²) in [6, 6.07) is 67.0. The van der Waals surface area contributed by atoms with Crippen LogP contribution in [0, 0.1) is 0 Å². The lowest BCUT2D eigenvalue weighted by atomic mass is 9.85. The summed E-state index contributed by atoms with van der Waals surface area (Å²) >= 11 is 0. The average molecular weight is 607 g/mol. The van der Waals surface area contributed by atoms with Gasteiger partial charge in [0.1, 0.15) is 0 Å². The SMILES string of the molecule is c1ccc2cc(-c3c4ccccc4c(-c4ccc(-c5ccc6c7ccccc7c7ccccc7c6c5)cc4)c4ccccc34)ccc2c1. The van der Waals surface area contributed by atoms with Crippen molar-refractivity contribution < 1.29 is 0 Å². The standard InChI is InChI=1S/C48H30/c1-2-12-34-29-36(26-23-31(34)11-1)48-44-19-9-7-17-42(44)47(43-18-8-10-20-45(43)48)33-24-21-32(22-25-33)35-27-28-41-39-15-4-3-13-37(39)38-14-5-6-16-40(38)46(41)30-35/h1-30H. The zero-order chi connectivity index (χ0) is 31.6. The number of hydrogen-bond acceptors (Lipinski definition) is 0. The van der Waals surface area contributed by atoms with Crippen molar-refractivity contribution in [1.29, 1.82) is 0 Å². The minimum atomic E-state index is 1.22. The molecule has 10 aromatic carbocycles. The zero-order valence-corrected chi connectivity index (χ0v) is 26.3. The maximum atomic E-state index is 2.38. The minimum absolute atomic E-state index is 1.22. The maximum Gasteiger partial charge on any atom is -0.00262 e. The van der Waals surface area contributed by atoms with Crippen molar-refractivity contribution in [2.45, 2.75) is 0 Å². The van der Waals surface area contributed by atoms with E-state index in [1.807, 2.05) is 0 Å². The molecule has 0 bridgehead atoms. The molecule has 0 spiro atoms. The highest BCUT2D eigenvalue weighted by Crippen LogP contribution is 2.44. The summed E-state index contributed by atoms with van der Waals surface area (Å²) in [6.07, 6.45) is 0. The highest BCUT2D eigenvalue weighted by Gasteiger charge is 2.17. The van der Waals surface area contributed by atoms with Gasteiger partial charge in [-0.15, -0.1) is 0 Å². The topological polar surface area (TPSA) is 0 Å². The predicted molar refractivity (Wildman–Crippen MR) is 208 cm³/mol. The molecule has 0 atom stereocenters. The Morgan fingerprint density at radius 3 is 1.12 bits per heavy atom. The van der Waals surface area contributed by atoms with E-state index in [9.17, 15) is 0 Å². The summed E-state index contributed by atoms with van der Waals surface area (Å²) < 4.78 is 0. The molecule has 0 nitrogen and oxygen atoms in total. The van der Waals surface area contributed by atoms with Crippen LogP contribution < -0.4 is 0 Å². The zero-order valence-electron chi connectivity index (χ0n) is 26.3. The summed E-state index contributed by atoms with van der Waals surface area (Å²) in [5.74, 6) is 0. The smallest absolute Gasteiger partial charge is 0.00262 e. The Balaban J connectivity index is 1.15. The third-order valence-corrected chi connectivity index (χ3v) is 10.2. The second kappa shape index (κ2) is 10.7. The van der Waals surface area contributed by atoms with Crippen LogP contribution in [0.3, 0.4) is 0 Å². The molecular formula is C48H30. The Labute approximate surface area is 279 Å². The molecule has 0 heteroatoms. The molecule has 0 unspecified atom stereocenters. The third-order valence-electron chi connectivity index (χ3n) is 10.2. The summed E-state index contributed by atoms with van der Waals surface area (Å²) in [7, 11) is 0. The van der Waals surface area contributed by atoms with Crippen LogP contribution in [0.5, 0.6) is 0 Å². The van der Waals surface area contributed by atoms with Crippen LogP contribution in [0.4, 0.5) is 0 Å². The fourth-order valence-electron chi connectivity index (χ4n) is 8.01. The molecule has 0 heterocycles. The van der Waals surface area contributed by atoms with E-state index in [1.165, 1.54) is 98.0 Å². The van der Waals surface area contributed by atoms with Crippen molar-refractivity contribution in [3.63, 3.8) is 0 Å². The van der Waals surface area contributed by atoms with Crippen molar-refractivity contribution in [3.05, 3.63) is 182 Å². The van der Waals surface area contributed by atoms with Crippen LogP contribution in [0.2, 0.25) is 0 Å². The first-order valence-corrected chi connectivity index (χ1v) is 16.7. The predicted octanol–water partition coefficient (Wildman–Crippen LogP) is 13.6. The van der Waals surface area contributed by atoms with Crippen molar-refractivity contribution in [2.24, 2.45) is 0 Å². The molecule has 0 aliphatic rings. The molecule has 0 saturated heterocycles. The Hall–Kier alpha value is -6.24. The highest BCUT2D eigenvalue weighted by atomic mass is 14.2.